The van der Waals surface area contributed by atoms with E-state index in [0.717, 1.165) is 30.9 Å². The van der Waals surface area contributed by atoms with Crippen molar-refractivity contribution in [3.8, 4) is 0 Å². The van der Waals surface area contributed by atoms with E-state index in [1.54, 1.807) is 0 Å². The predicted octanol–water partition coefficient (Wildman–Crippen LogP) is 3.05. The first-order valence-corrected chi connectivity index (χ1v) is 10.1. The first-order chi connectivity index (χ1) is 10.8. The van der Waals surface area contributed by atoms with E-state index >= 15 is 0 Å². The van der Waals surface area contributed by atoms with E-state index in [2.05, 4.69) is 24.5 Å². The van der Waals surface area contributed by atoms with Crippen LogP contribution in [0.4, 0.5) is 0 Å². The molecule has 0 bridgehead atoms. The van der Waals surface area contributed by atoms with Gasteiger partial charge in [0.2, 0.25) is 0 Å². The predicted molar refractivity (Wildman–Crippen MR) is 101 cm³/mol. The van der Waals surface area contributed by atoms with Crippen molar-refractivity contribution in [3.05, 3.63) is 0 Å². The first-order valence-electron chi connectivity index (χ1n) is 8.96. The Bertz CT molecular complexity index is 342. The molecule has 4 nitrogen and oxygen atoms in total. The van der Waals surface area contributed by atoms with E-state index < -0.39 is 0 Å². The van der Waals surface area contributed by atoms with Crippen LogP contribution in [0.1, 0.15) is 60.8 Å². The number of carbonyl (C=O) groups excluding carboxylic acids is 2. The number of carbonyl (C=O) groups is 2. The van der Waals surface area contributed by atoms with Crippen LogP contribution in [0.3, 0.4) is 0 Å². The summed E-state index contributed by atoms with van der Waals surface area (Å²) in [6, 6.07) is 0.256. The Morgan fingerprint density at radius 1 is 0.957 bits per heavy atom. The highest BCUT2D eigenvalue weighted by Gasteiger charge is 2.20. The second-order valence-corrected chi connectivity index (χ2v) is 7.78. The number of hydrogen-bond acceptors (Lipinski definition) is 5. The molecule has 0 rings (SSSR count). The molecule has 0 saturated heterocycles. The number of hydrogen-bond donors (Lipinski definition) is 2. The Kier molecular flexibility index (Phi) is 12.7. The van der Waals surface area contributed by atoms with E-state index in [1.165, 1.54) is 0 Å². The number of rotatable bonds is 14. The zero-order chi connectivity index (χ0) is 17.8. The van der Waals surface area contributed by atoms with Gasteiger partial charge in [-0.2, -0.15) is 11.8 Å². The van der Waals surface area contributed by atoms with Crippen LogP contribution in [0.15, 0.2) is 0 Å². The molecule has 0 aromatic carbocycles. The zero-order valence-electron chi connectivity index (χ0n) is 15.8. The number of Topliss-reactive ketones (excluding diaryl/α,β-unsaturated/α-hetero) is 2. The summed E-state index contributed by atoms with van der Waals surface area (Å²) in [5.41, 5.74) is 0. The monoisotopic (exact) mass is 344 g/mol. The van der Waals surface area contributed by atoms with Crippen molar-refractivity contribution in [1.29, 1.82) is 0 Å². The molecular weight excluding hydrogens is 308 g/mol. The topological polar surface area (TPSA) is 58.2 Å². The lowest BCUT2D eigenvalue weighted by Gasteiger charge is -2.20. The lowest BCUT2D eigenvalue weighted by Crippen LogP contribution is -2.41. The third-order valence-electron chi connectivity index (χ3n) is 3.74. The summed E-state index contributed by atoms with van der Waals surface area (Å²) in [5.74, 6) is 2.56. The van der Waals surface area contributed by atoms with Gasteiger partial charge in [-0.25, -0.2) is 0 Å². The zero-order valence-corrected chi connectivity index (χ0v) is 16.6. The van der Waals surface area contributed by atoms with Crippen molar-refractivity contribution in [2.75, 3.05) is 18.1 Å². The molecular formula is C18H36N2O2S. The molecule has 2 unspecified atom stereocenters. The maximum Gasteiger partial charge on any atom is 0.152 e. The van der Waals surface area contributed by atoms with Gasteiger partial charge in [0.1, 0.15) is 5.78 Å². The SMILES string of the molecule is CCNC(CCSCCC(NC(C)C)C(=O)CC)C(=O)C(C)C. The molecule has 0 aromatic heterocycles. The maximum atomic E-state index is 12.1. The number of nitrogens with one attached hydrogen (secondary N) is 2. The van der Waals surface area contributed by atoms with E-state index in [4.69, 9.17) is 0 Å². The summed E-state index contributed by atoms with van der Waals surface area (Å²) in [7, 11) is 0. The summed E-state index contributed by atoms with van der Waals surface area (Å²) in [4.78, 5) is 24.1. The van der Waals surface area contributed by atoms with Crippen molar-refractivity contribution in [2.24, 2.45) is 5.92 Å². The lowest BCUT2D eigenvalue weighted by atomic mass is 10.00. The minimum Gasteiger partial charge on any atom is -0.308 e. The molecule has 0 amide bonds. The third kappa shape index (κ3) is 10.2. The molecule has 0 aliphatic rings. The summed E-state index contributed by atoms with van der Waals surface area (Å²) in [5, 5.41) is 6.64. The molecule has 2 N–H and O–H groups in total. The standard InChI is InChI=1S/C18H36N2O2S/c1-7-17(21)15(20-14(5)6)9-11-23-12-10-16(19-8-2)18(22)13(3)4/h13-16,19-20H,7-12H2,1-6H3. The Hall–Kier alpha value is -0.390. The Morgan fingerprint density at radius 3 is 1.96 bits per heavy atom. The first kappa shape index (κ1) is 22.6. The minimum absolute atomic E-state index is 0.0330. The Morgan fingerprint density at radius 2 is 1.52 bits per heavy atom. The van der Waals surface area contributed by atoms with Crippen molar-refractivity contribution >= 4 is 23.3 Å². The molecule has 2 atom stereocenters. The van der Waals surface area contributed by atoms with E-state index in [-0.39, 0.29) is 18.0 Å². The second kappa shape index (κ2) is 13.0. The van der Waals surface area contributed by atoms with Crippen LogP contribution in [0.2, 0.25) is 0 Å². The van der Waals surface area contributed by atoms with Crippen LogP contribution < -0.4 is 10.6 Å². The van der Waals surface area contributed by atoms with E-state index in [0.29, 0.717) is 24.0 Å². The minimum atomic E-state index is -0.0330. The summed E-state index contributed by atoms with van der Waals surface area (Å²) in [6.07, 6.45) is 2.31. The average molecular weight is 345 g/mol. The fourth-order valence-corrected chi connectivity index (χ4v) is 3.49. The molecule has 0 saturated carbocycles. The van der Waals surface area contributed by atoms with Gasteiger partial charge in [0.25, 0.3) is 0 Å². The smallest absolute Gasteiger partial charge is 0.152 e. The van der Waals surface area contributed by atoms with Gasteiger partial charge in [-0.05, 0) is 30.9 Å². The van der Waals surface area contributed by atoms with Gasteiger partial charge in [-0.3, -0.25) is 9.59 Å². The van der Waals surface area contributed by atoms with Gasteiger partial charge in [-0.1, -0.05) is 41.5 Å². The van der Waals surface area contributed by atoms with Crippen molar-refractivity contribution in [3.63, 3.8) is 0 Å². The Labute approximate surface area is 146 Å². The van der Waals surface area contributed by atoms with E-state index in [1.807, 2.05) is 39.5 Å². The van der Waals surface area contributed by atoms with Gasteiger partial charge >= 0.3 is 0 Å². The number of thioether (sulfide) groups is 1. The molecule has 0 aliphatic heterocycles. The van der Waals surface area contributed by atoms with Crippen molar-refractivity contribution in [1.82, 2.24) is 10.6 Å². The van der Waals surface area contributed by atoms with E-state index in [9.17, 15) is 9.59 Å². The van der Waals surface area contributed by atoms with Gasteiger partial charge in [-0.15, -0.1) is 0 Å². The Balaban J connectivity index is 4.16. The summed E-state index contributed by atoms with van der Waals surface area (Å²) < 4.78 is 0. The van der Waals surface area contributed by atoms with Gasteiger partial charge in [0.05, 0.1) is 12.1 Å². The molecule has 0 spiro atoms. The molecule has 0 radical (unpaired) electrons. The molecule has 0 fully saturated rings. The molecule has 136 valence electrons. The molecule has 0 aromatic rings. The normalized spacial score (nSPS) is 14.3. The lowest BCUT2D eigenvalue weighted by molar-refractivity contribution is -0.124. The fraction of sp³-hybridized carbons (Fsp3) is 0.889. The van der Waals surface area contributed by atoms with Crippen LogP contribution >= 0.6 is 11.8 Å². The largest absolute Gasteiger partial charge is 0.308 e. The highest BCUT2D eigenvalue weighted by molar-refractivity contribution is 7.99. The third-order valence-corrected chi connectivity index (χ3v) is 4.79. The van der Waals surface area contributed by atoms with Crippen LogP contribution in [0, 0.1) is 5.92 Å². The summed E-state index contributed by atoms with van der Waals surface area (Å²) >= 11 is 1.84. The van der Waals surface area contributed by atoms with Crippen molar-refractivity contribution in [2.45, 2.75) is 78.9 Å². The molecule has 23 heavy (non-hydrogen) atoms. The van der Waals surface area contributed by atoms with Crippen LogP contribution in [0.25, 0.3) is 0 Å². The molecule has 0 heterocycles. The highest BCUT2D eigenvalue weighted by atomic mass is 32.2. The number of ketones is 2. The van der Waals surface area contributed by atoms with Gasteiger partial charge < -0.3 is 10.6 Å². The van der Waals surface area contributed by atoms with Crippen LogP contribution in [0.5, 0.6) is 0 Å². The van der Waals surface area contributed by atoms with Crippen LogP contribution in [-0.2, 0) is 9.59 Å². The highest BCUT2D eigenvalue weighted by Crippen LogP contribution is 2.12. The van der Waals surface area contributed by atoms with Crippen LogP contribution in [-0.4, -0.2) is 47.7 Å². The molecule has 0 aliphatic carbocycles. The average Bonchev–Trinajstić information content (AvgIpc) is 2.50. The quantitative estimate of drug-likeness (QED) is 0.474. The van der Waals surface area contributed by atoms with Gasteiger partial charge in [0, 0.05) is 18.4 Å². The van der Waals surface area contributed by atoms with Crippen molar-refractivity contribution < 1.29 is 9.59 Å². The second-order valence-electron chi connectivity index (χ2n) is 6.55. The number of likely N-dealkylation sites (N-methyl/N-ethyl adjacent to an activating group) is 1. The molecule has 5 heteroatoms. The summed E-state index contributed by atoms with van der Waals surface area (Å²) in [6.45, 7) is 12.8. The fourth-order valence-electron chi connectivity index (χ4n) is 2.48. The maximum absolute atomic E-state index is 12.1. The van der Waals surface area contributed by atoms with Gasteiger partial charge in [0.15, 0.2) is 5.78 Å².